The van der Waals surface area contributed by atoms with Crippen LogP contribution in [-0.4, -0.2) is 33.8 Å². The number of likely N-dealkylation sites (tertiary alicyclic amines) is 1. The van der Waals surface area contributed by atoms with E-state index in [1.165, 1.54) is 6.07 Å². The highest BCUT2D eigenvalue weighted by Gasteiger charge is 2.26. The molecule has 0 saturated carbocycles. The van der Waals surface area contributed by atoms with Gasteiger partial charge in [0.25, 0.3) is 5.69 Å². The molecule has 1 aromatic heterocycles. The molecule has 6 nitrogen and oxygen atoms in total. The Balaban J connectivity index is 1.61. The van der Waals surface area contributed by atoms with E-state index < -0.39 is 4.92 Å². The van der Waals surface area contributed by atoms with Gasteiger partial charge in [0.05, 0.1) is 16.4 Å². The van der Waals surface area contributed by atoms with Gasteiger partial charge in [-0.1, -0.05) is 18.2 Å². The predicted molar refractivity (Wildman–Crippen MR) is 92.2 cm³/mol. The maximum atomic E-state index is 12.5. The summed E-state index contributed by atoms with van der Waals surface area (Å²) in [5.41, 5.74) is 1.54. The summed E-state index contributed by atoms with van der Waals surface area (Å²) >= 11 is 1.68. The van der Waals surface area contributed by atoms with Gasteiger partial charge in [0.15, 0.2) is 0 Å². The number of piperidine rings is 1. The first-order valence-corrected chi connectivity index (χ1v) is 8.84. The molecule has 0 bridgehead atoms. The Morgan fingerprint density at radius 3 is 2.71 bits per heavy atom. The second-order valence-electron chi connectivity index (χ2n) is 6.04. The van der Waals surface area contributed by atoms with Crippen molar-refractivity contribution in [2.45, 2.75) is 32.1 Å². The number of aryl methyl sites for hydroxylation is 1. The van der Waals surface area contributed by atoms with E-state index in [0.717, 1.165) is 23.5 Å². The van der Waals surface area contributed by atoms with Crippen LogP contribution in [0.4, 0.5) is 5.69 Å². The molecule has 0 unspecified atom stereocenters. The number of carbonyl (C=O) groups excluding carboxylic acids is 1. The van der Waals surface area contributed by atoms with Crippen LogP contribution < -0.4 is 0 Å². The average Bonchev–Trinajstić information content (AvgIpc) is 3.02. The molecule has 1 aliphatic rings. The maximum Gasteiger partial charge on any atom is 0.273 e. The Bertz CT molecular complexity index is 751. The number of aromatic nitrogens is 1. The molecule has 2 heterocycles. The smallest absolute Gasteiger partial charge is 0.273 e. The lowest BCUT2D eigenvalue weighted by molar-refractivity contribution is -0.385. The molecule has 1 saturated heterocycles. The van der Waals surface area contributed by atoms with E-state index in [0.29, 0.717) is 24.6 Å². The molecular weight excluding hydrogens is 326 g/mol. The van der Waals surface area contributed by atoms with Gasteiger partial charge < -0.3 is 4.90 Å². The van der Waals surface area contributed by atoms with Crippen LogP contribution in [0.3, 0.4) is 0 Å². The Labute approximate surface area is 144 Å². The Morgan fingerprint density at radius 2 is 2.08 bits per heavy atom. The summed E-state index contributed by atoms with van der Waals surface area (Å²) in [5, 5.41) is 14.3. The van der Waals surface area contributed by atoms with Gasteiger partial charge in [-0.3, -0.25) is 14.9 Å². The largest absolute Gasteiger partial charge is 0.342 e. The van der Waals surface area contributed by atoms with Gasteiger partial charge in [0.1, 0.15) is 0 Å². The number of amides is 1. The lowest BCUT2D eigenvalue weighted by Crippen LogP contribution is -2.38. The van der Waals surface area contributed by atoms with Crippen LogP contribution in [0.1, 0.15) is 35.0 Å². The average molecular weight is 345 g/mol. The van der Waals surface area contributed by atoms with Crippen molar-refractivity contribution in [1.29, 1.82) is 0 Å². The molecular formula is C17H19N3O3S. The van der Waals surface area contributed by atoms with Gasteiger partial charge in [-0.05, 0) is 19.8 Å². The van der Waals surface area contributed by atoms with Crippen molar-refractivity contribution in [2.24, 2.45) is 0 Å². The topological polar surface area (TPSA) is 76.3 Å². The van der Waals surface area contributed by atoms with Gasteiger partial charge in [-0.15, -0.1) is 11.3 Å². The number of hydrogen-bond acceptors (Lipinski definition) is 5. The van der Waals surface area contributed by atoms with E-state index in [2.05, 4.69) is 10.4 Å². The SMILES string of the molecule is Cc1csc(C2CCN(C(=O)Cc3ccccc3[N+](=O)[O-])CC2)n1. The lowest BCUT2D eigenvalue weighted by atomic mass is 9.97. The van der Waals surface area contributed by atoms with Crippen LogP contribution in [0.5, 0.6) is 0 Å². The molecule has 1 fully saturated rings. The number of nitro benzene ring substituents is 1. The lowest BCUT2D eigenvalue weighted by Gasteiger charge is -2.31. The molecule has 0 spiro atoms. The van der Waals surface area contributed by atoms with Crippen molar-refractivity contribution in [1.82, 2.24) is 9.88 Å². The molecule has 0 N–H and O–H groups in total. The van der Waals surface area contributed by atoms with Crippen molar-refractivity contribution in [3.8, 4) is 0 Å². The second kappa shape index (κ2) is 7.09. The first-order chi connectivity index (χ1) is 11.5. The maximum absolute atomic E-state index is 12.5. The summed E-state index contributed by atoms with van der Waals surface area (Å²) in [4.78, 5) is 29.5. The van der Waals surface area contributed by atoms with E-state index >= 15 is 0 Å². The fourth-order valence-electron chi connectivity index (χ4n) is 3.05. The Hall–Kier alpha value is -2.28. The summed E-state index contributed by atoms with van der Waals surface area (Å²) in [7, 11) is 0. The van der Waals surface area contributed by atoms with Crippen molar-refractivity contribution < 1.29 is 9.72 Å². The van der Waals surface area contributed by atoms with E-state index in [1.54, 1.807) is 29.5 Å². The molecule has 2 aromatic rings. The molecule has 0 radical (unpaired) electrons. The molecule has 1 amide bonds. The number of nitrogens with zero attached hydrogens (tertiary/aromatic N) is 3. The van der Waals surface area contributed by atoms with Crippen LogP contribution in [0.15, 0.2) is 29.6 Å². The summed E-state index contributed by atoms with van der Waals surface area (Å²) < 4.78 is 0. The second-order valence-corrected chi connectivity index (χ2v) is 6.93. The number of nitro groups is 1. The first kappa shape index (κ1) is 16.6. The highest BCUT2D eigenvalue weighted by Crippen LogP contribution is 2.30. The molecule has 24 heavy (non-hydrogen) atoms. The monoisotopic (exact) mass is 345 g/mol. The third-order valence-electron chi connectivity index (χ3n) is 4.36. The standard InChI is InChI=1S/C17H19N3O3S/c1-12-11-24-17(18-12)13-6-8-19(9-7-13)16(21)10-14-4-2-3-5-15(14)20(22)23/h2-5,11,13H,6-10H2,1H3. The summed E-state index contributed by atoms with van der Waals surface area (Å²) in [6.07, 6.45) is 1.88. The zero-order valence-electron chi connectivity index (χ0n) is 13.5. The van der Waals surface area contributed by atoms with Gasteiger partial charge >= 0.3 is 0 Å². The van der Waals surface area contributed by atoms with Crippen molar-refractivity contribution in [3.05, 3.63) is 56.0 Å². The number of para-hydroxylation sites is 1. The van der Waals surface area contributed by atoms with Crippen molar-refractivity contribution in [3.63, 3.8) is 0 Å². The van der Waals surface area contributed by atoms with Crippen LogP contribution in [0.2, 0.25) is 0 Å². The third-order valence-corrected chi connectivity index (χ3v) is 5.49. The summed E-state index contributed by atoms with van der Waals surface area (Å²) in [6.45, 7) is 3.36. The predicted octanol–water partition coefficient (Wildman–Crippen LogP) is 3.31. The van der Waals surface area contributed by atoms with Gasteiger partial charge in [0.2, 0.25) is 5.91 Å². The highest BCUT2D eigenvalue weighted by molar-refractivity contribution is 7.09. The normalized spacial score (nSPS) is 15.5. The molecule has 7 heteroatoms. The fourth-order valence-corrected chi connectivity index (χ4v) is 4.02. The number of benzene rings is 1. The van der Waals surface area contributed by atoms with E-state index in [4.69, 9.17) is 0 Å². The van der Waals surface area contributed by atoms with Gasteiger partial charge in [-0.2, -0.15) is 0 Å². The zero-order chi connectivity index (χ0) is 17.1. The minimum atomic E-state index is -0.431. The van der Waals surface area contributed by atoms with Crippen LogP contribution >= 0.6 is 11.3 Å². The Morgan fingerprint density at radius 1 is 1.38 bits per heavy atom. The van der Waals surface area contributed by atoms with Crippen LogP contribution in [-0.2, 0) is 11.2 Å². The zero-order valence-corrected chi connectivity index (χ0v) is 14.3. The molecule has 126 valence electrons. The minimum absolute atomic E-state index is 0.0130. The van der Waals surface area contributed by atoms with Gasteiger partial charge in [0, 0.05) is 41.7 Å². The molecule has 1 aliphatic heterocycles. The van der Waals surface area contributed by atoms with Crippen LogP contribution in [0.25, 0.3) is 0 Å². The Kier molecular flexibility index (Phi) is 4.89. The summed E-state index contributed by atoms with van der Waals surface area (Å²) in [6, 6.07) is 6.45. The van der Waals surface area contributed by atoms with Crippen molar-refractivity contribution >= 4 is 22.9 Å². The van der Waals surface area contributed by atoms with E-state index in [1.807, 2.05) is 11.8 Å². The molecule has 1 aromatic carbocycles. The van der Waals surface area contributed by atoms with Gasteiger partial charge in [-0.25, -0.2) is 4.98 Å². The van der Waals surface area contributed by atoms with E-state index in [-0.39, 0.29) is 18.0 Å². The number of rotatable bonds is 4. The first-order valence-electron chi connectivity index (χ1n) is 7.96. The number of hydrogen-bond donors (Lipinski definition) is 0. The minimum Gasteiger partial charge on any atom is -0.342 e. The molecule has 3 rings (SSSR count). The third kappa shape index (κ3) is 3.62. The quantitative estimate of drug-likeness (QED) is 0.629. The summed E-state index contributed by atoms with van der Waals surface area (Å²) in [5.74, 6) is 0.372. The highest BCUT2D eigenvalue weighted by atomic mass is 32.1. The fraction of sp³-hybridized carbons (Fsp3) is 0.412. The van der Waals surface area contributed by atoms with Crippen molar-refractivity contribution in [2.75, 3.05) is 13.1 Å². The molecule has 0 aliphatic carbocycles. The van der Waals surface area contributed by atoms with E-state index in [9.17, 15) is 14.9 Å². The number of carbonyl (C=O) groups is 1. The molecule has 0 atom stereocenters. The van der Waals surface area contributed by atoms with Crippen LogP contribution in [0, 0.1) is 17.0 Å². The number of thiazole rings is 1.